The van der Waals surface area contributed by atoms with Gasteiger partial charge in [0.25, 0.3) is 0 Å². The summed E-state index contributed by atoms with van der Waals surface area (Å²) in [5.74, 6) is -5.08. The standard InChI is InChI=1S/C18H14O8.C17H18N6/c19-15(20)13(25-17(23)11-7-3-1-4-8-11)14(16(21)22)26-18(24)12-9-5-2-6-10-12;18-7-5-15(12-3-1-2-4-12)23-10-13(9-22-23)16-14-6-8-19-17(14)21-11-20-16/h1-10,13-14H,(H,19,20)(H,21,22);6,8-12,15H,1-5H2,(H,19,20,21)/t13-,14-;15-/m01/s1. The van der Waals surface area contributed by atoms with Gasteiger partial charge in [0.15, 0.2) is 0 Å². The number of carbonyl (C=O) groups excluding carboxylic acids is 2. The number of nitrogens with one attached hydrogen (secondary N) is 1. The molecule has 250 valence electrons. The molecule has 1 aliphatic rings. The number of hydrogen-bond acceptors (Lipinski definition) is 10. The monoisotopic (exact) mass is 664 g/mol. The fourth-order valence-electron chi connectivity index (χ4n) is 5.65. The molecule has 1 fully saturated rings. The lowest BCUT2D eigenvalue weighted by molar-refractivity contribution is -0.166. The van der Waals surface area contributed by atoms with Crippen molar-refractivity contribution in [1.29, 1.82) is 5.26 Å². The van der Waals surface area contributed by atoms with Crippen LogP contribution in [0, 0.1) is 17.2 Å². The molecule has 2 aromatic carbocycles. The van der Waals surface area contributed by atoms with E-state index in [0.717, 1.165) is 22.3 Å². The van der Waals surface area contributed by atoms with E-state index in [9.17, 15) is 34.7 Å². The molecule has 0 saturated heterocycles. The second-order valence-corrected chi connectivity index (χ2v) is 11.2. The Hall–Kier alpha value is -6.36. The number of nitriles is 1. The van der Waals surface area contributed by atoms with Gasteiger partial charge in [-0.3, -0.25) is 4.68 Å². The van der Waals surface area contributed by atoms with E-state index in [1.54, 1.807) is 18.5 Å². The first kappa shape index (κ1) is 34.0. The number of esters is 2. The zero-order valence-corrected chi connectivity index (χ0v) is 26.1. The maximum absolute atomic E-state index is 12.0. The van der Waals surface area contributed by atoms with Crippen LogP contribution in [-0.4, -0.2) is 71.0 Å². The molecule has 14 heteroatoms. The van der Waals surface area contributed by atoms with Gasteiger partial charge in [-0.25, -0.2) is 29.1 Å². The number of benzene rings is 2. The molecule has 3 heterocycles. The molecule has 0 unspecified atom stereocenters. The number of carbonyl (C=O) groups is 4. The number of fused-ring (bicyclic) bond motifs is 1. The predicted octanol–water partition coefficient (Wildman–Crippen LogP) is 5.07. The van der Waals surface area contributed by atoms with E-state index in [1.807, 2.05) is 29.3 Å². The van der Waals surface area contributed by atoms with E-state index < -0.39 is 36.1 Å². The van der Waals surface area contributed by atoms with E-state index in [1.165, 1.54) is 74.2 Å². The molecule has 1 saturated carbocycles. The van der Waals surface area contributed by atoms with E-state index in [-0.39, 0.29) is 17.2 Å². The SMILES string of the molecule is N#CC[C@H](C1CCCC1)n1cc(-c2ncnc3[nH]ccc23)cn1.O=C(O[C@H](C(=O)O)[C@H](OC(=O)c1ccccc1)C(=O)O)c1ccccc1. The smallest absolute Gasteiger partial charge is 0.349 e. The van der Waals surface area contributed by atoms with Gasteiger partial charge in [-0.1, -0.05) is 49.2 Å². The third-order valence-electron chi connectivity index (χ3n) is 8.06. The minimum absolute atomic E-state index is 0.0253. The highest BCUT2D eigenvalue weighted by atomic mass is 16.6. The normalized spacial score (nSPS) is 14.4. The zero-order chi connectivity index (χ0) is 34.8. The highest BCUT2D eigenvalue weighted by Gasteiger charge is 2.41. The summed E-state index contributed by atoms with van der Waals surface area (Å²) < 4.78 is 11.5. The maximum Gasteiger partial charge on any atom is 0.349 e. The first-order valence-electron chi connectivity index (χ1n) is 15.4. The van der Waals surface area contributed by atoms with Crippen LogP contribution in [-0.2, 0) is 19.1 Å². The lowest BCUT2D eigenvalue weighted by atomic mass is 9.96. The maximum atomic E-state index is 12.0. The summed E-state index contributed by atoms with van der Waals surface area (Å²) in [7, 11) is 0. The van der Waals surface area contributed by atoms with Gasteiger partial charge in [0.05, 0.1) is 41.5 Å². The van der Waals surface area contributed by atoms with Gasteiger partial charge in [-0.15, -0.1) is 0 Å². The van der Waals surface area contributed by atoms with E-state index in [0.29, 0.717) is 12.3 Å². The van der Waals surface area contributed by atoms with Crippen molar-refractivity contribution >= 4 is 34.9 Å². The summed E-state index contributed by atoms with van der Waals surface area (Å²) in [4.78, 5) is 58.6. The molecule has 3 N–H and O–H groups in total. The third-order valence-corrected chi connectivity index (χ3v) is 8.06. The lowest BCUT2D eigenvalue weighted by Gasteiger charge is -2.21. The van der Waals surface area contributed by atoms with Crippen LogP contribution in [0.2, 0.25) is 0 Å². The average Bonchev–Trinajstić information content (AvgIpc) is 3.92. The van der Waals surface area contributed by atoms with E-state index in [4.69, 9.17) is 9.47 Å². The van der Waals surface area contributed by atoms with Crippen LogP contribution in [0.5, 0.6) is 0 Å². The number of aromatic amines is 1. The summed E-state index contributed by atoms with van der Waals surface area (Å²) in [6, 6.07) is 19.3. The quantitative estimate of drug-likeness (QED) is 0.158. The Labute approximate surface area is 280 Å². The fourth-order valence-corrected chi connectivity index (χ4v) is 5.65. The van der Waals surface area contributed by atoms with Gasteiger partial charge >= 0.3 is 23.9 Å². The number of ether oxygens (including phenoxy) is 2. The van der Waals surface area contributed by atoms with Crippen molar-refractivity contribution in [3.63, 3.8) is 0 Å². The van der Waals surface area contributed by atoms with Crippen LogP contribution in [0.1, 0.15) is 58.9 Å². The number of H-pyrrole nitrogens is 1. The molecule has 49 heavy (non-hydrogen) atoms. The molecule has 3 aromatic heterocycles. The Kier molecular flexibility index (Phi) is 11.1. The molecule has 1 aliphatic carbocycles. The predicted molar refractivity (Wildman–Crippen MR) is 173 cm³/mol. The fraction of sp³-hybridized carbons (Fsp3) is 0.257. The second-order valence-electron chi connectivity index (χ2n) is 11.2. The third kappa shape index (κ3) is 8.33. The largest absolute Gasteiger partial charge is 0.478 e. The highest BCUT2D eigenvalue weighted by molar-refractivity contribution is 5.95. The Bertz CT molecular complexity index is 1880. The summed E-state index contributed by atoms with van der Waals surface area (Å²) in [5.41, 5.74) is 2.73. The number of carboxylic acids is 2. The van der Waals surface area contributed by atoms with Gasteiger partial charge < -0.3 is 24.7 Å². The van der Waals surface area contributed by atoms with E-state index in [2.05, 4.69) is 26.1 Å². The molecular weight excluding hydrogens is 632 g/mol. The molecule has 6 rings (SSSR count). The van der Waals surface area contributed by atoms with Crippen molar-refractivity contribution in [3.05, 3.63) is 103 Å². The first-order chi connectivity index (χ1) is 23.8. The van der Waals surface area contributed by atoms with Gasteiger partial charge in [0, 0.05) is 23.3 Å². The molecule has 0 spiro atoms. The Balaban J connectivity index is 0.000000192. The Morgan fingerprint density at radius 3 is 1.98 bits per heavy atom. The number of hydrogen-bond donors (Lipinski definition) is 3. The number of aromatic nitrogens is 5. The summed E-state index contributed by atoms with van der Waals surface area (Å²) in [5, 5.41) is 33.2. The summed E-state index contributed by atoms with van der Waals surface area (Å²) in [6.07, 6.45) is 8.28. The zero-order valence-electron chi connectivity index (χ0n) is 26.1. The number of carboxylic acid groups (broad SMARTS) is 2. The molecule has 0 amide bonds. The van der Waals surface area contributed by atoms with Gasteiger partial charge in [0.2, 0.25) is 12.2 Å². The summed E-state index contributed by atoms with van der Waals surface area (Å²) >= 11 is 0. The van der Waals surface area contributed by atoms with Crippen LogP contribution in [0.4, 0.5) is 0 Å². The van der Waals surface area contributed by atoms with Crippen LogP contribution in [0.15, 0.2) is 91.6 Å². The summed E-state index contributed by atoms with van der Waals surface area (Å²) in [6.45, 7) is 0. The van der Waals surface area contributed by atoms with Crippen LogP contribution in [0.3, 0.4) is 0 Å². The second kappa shape index (κ2) is 16.0. The van der Waals surface area contributed by atoms with Crippen molar-refractivity contribution in [2.45, 2.75) is 50.4 Å². The van der Waals surface area contributed by atoms with Crippen molar-refractivity contribution in [2.24, 2.45) is 5.92 Å². The minimum atomic E-state index is -2.21. The molecule has 0 bridgehead atoms. The number of aliphatic carboxylic acids is 2. The lowest BCUT2D eigenvalue weighted by Crippen LogP contribution is -2.45. The van der Waals surface area contributed by atoms with Crippen molar-refractivity contribution in [3.8, 4) is 17.3 Å². The highest BCUT2D eigenvalue weighted by Crippen LogP contribution is 2.36. The van der Waals surface area contributed by atoms with Gasteiger partial charge in [-0.05, 0) is 49.1 Å². The van der Waals surface area contributed by atoms with Crippen LogP contribution < -0.4 is 0 Å². The van der Waals surface area contributed by atoms with Crippen molar-refractivity contribution < 1.29 is 38.9 Å². The van der Waals surface area contributed by atoms with Crippen LogP contribution in [0.25, 0.3) is 22.3 Å². The average molecular weight is 665 g/mol. The number of nitrogens with zero attached hydrogens (tertiary/aromatic N) is 5. The van der Waals surface area contributed by atoms with Crippen molar-refractivity contribution in [1.82, 2.24) is 24.7 Å². The Morgan fingerprint density at radius 2 is 1.45 bits per heavy atom. The Morgan fingerprint density at radius 1 is 0.878 bits per heavy atom. The molecular formula is C35H32N6O8. The van der Waals surface area contributed by atoms with Crippen molar-refractivity contribution in [2.75, 3.05) is 0 Å². The van der Waals surface area contributed by atoms with Crippen LogP contribution >= 0.6 is 0 Å². The molecule has 5 aromatic rings. The van der Waals surface area contributed by atoms with Gasteiger partial charge in [0.1, 0.15) is 12.0 Å². The van der Waals surface area contributed by atoms with Gasteiger partial charge in [-0.2, -0.15) is 10.4 Å². The molecule has 3 atom stereocenters. The first-order valence-corrected chi connectivity index (χ1v) is 15.4. The van der Waals surface area contributed by atoms with E-state index >= 15 is 0 Å². The molecule has 14 nitrogen and oxygen atoms in total. The number of rotatable bonds is 11. The molecule has 0 aliphatic heterocycles. The topological polar surface area (TPSA) is 210 Å². The minimum Gasteiger partial charge on any atom is -0.478 e. The molecule has 0 radical (unpaired) electrons.